The molecule has 2 heterocycles. The van der Waals surface area contributed by atoms with Crippen LogP contribution in [-0.4, -0.2) is 33.8 Å². The first kappa shape index (κ1) is 19.1. The zero-order chi connectivity index (χ0) is 20.2. The first-order chi connectivity index (χ1) is 14.1. The SMILES string of the molecule is Cc1cc(C)n(-c2nc(CCNC(=O)COc3ccc4ccccc4c3)cs2)n1. The van der Waals surface area contributed by atoms with Gasteiger partial charge in [0.15, 0.2) is 6.61 Å². The summed E-state index contributed by atoms with van der Waals surface area (Å²) in [4.78, 5) is 16.7. The molecule has 0 saturated carbocycles. The Labute approximate surface area is 173 Å². The Morgan fingerprint density at radius 2 is 1.97 bits per heavy atom. The van der Waals surface area contributed by atoms with E-state index in [1.54, 1.807) is 11.3 Å². The predicted octanol–water partition coefficient (Wildman–Crippen LogP) is 3.84. The molecule has 1 amide bonds. The fourth-order valence-corrected chi connectivity index (χ4v) is 3.98. The van der Waals surface area contributed by atoms with Gasteiger partial charge in [0.1, 0.15) is 5.75 Å². The van der Waals surface area contributed by atoms with E-state index >= 15 is 0 Å². The number of thiazole rings is 1. The molecule has 1 N–H and O–H groups in total. The number of carbonyl (C=O) groups excluding carboxylic acids is 1. The van der Waals surface area contributed by atoms with E-state index in [0.717, 1.165) is 33.0 Å². The number of rotatable bonds is 7. The van der Waals surface area contributed by atoms with Crippen LogP contribution in [-0.2, 0) is 11.2 Å². The summed E-state index contributed by atoms with van der Waals surface area (Å²) in [6, 6.07) is 15.9. The van der Waals surface area contributed by atoms with E-state index in [4.69, 9.17) is 4.74 Å². The van der Waals surface area contributed by atoms with E-state index in [9.17, 15) is 4.79 Å². The lowest BCUT2D eigenvalue weighted by Gasteiger charge is -2.08. The maximum Gasteiger partial charge on any atom is 0.257 e. The highest BCUT2D eigenvalue weighted by Crippen LogP contribution is 2.20. The summed E-state index contributed by atoms with van der Waals surface area (Å²) in [5.74, 6) is 0.542. The number of hydrogen-bond acceptors (Lipinski definition) is 5. The summed E-state index contributed by atoms with van der Waals surface area (Å²) >= 11 is 1.55. The monoisotopic (exact) mass is 406 g/mol. The third kappa shape index (κ3) is 4.63. The number of fused-ring (bicyclic) bond motifs is 1. The summed E-state index contributed by atoms with van der Waals surface area (Å²) in [5, 5.41) is 12.4. The van der Waals surface area contributed by atoms with Crippen LogP contribution in [0.1, 0.15) is 17.1 Å². The normalized spacial score (nSPS) is 11.0. The van der Waals surface area contributed by atoms with Crippen LogP contribution >= 0.6 is 11.3 Å². The molecule has 0 saturated heterocycles. The average Bonchev–Trinajstić information content (AvgIpc) is 3.32. The van der Waals surface area contributed by atoms with E-state index in [1.807, 2.05) is 72.4 Å². The van der Waals surface area contributed by atoms with Crippen molar-refractivity contribution in [1.29, 1.82) is 0 Å². The minimum Gasteiger partial charge on any atom is -0.484 e. The molecule has 4 rings (SSSR count). The highest BCUT2D eigenvalue weighted by molar-refractivity contribution is 7.12. The molecule has 148 valence electrons. The van der Waals surface area contributed by atoms with Crippen LogP contribution in [0.2, 0.25) is 0 Å². The fourth-order valence-electron chi connectivity index (χ4n) is 3.12. The second kappa shape index (κ2) is 8.45. The van der Waals surface area contributed by atoms with Gasteiger partial charge in [0, 0.05) is 24.0 Å². The van der Waals surface area contributed by atoms with Crippen molar-refractivity contribution < 1.29 is 9.53 Å². The third-order valence-electron chi connectivity index (χ3n) is 4.52. The van der Waals surface area contributed by atoms with Crippen LogP contribution in [0, 0.1) is 13.8 Å². The molecule has 0 aliphatic rings. The van der Waals surface area contributed by atoms with Crippen molar-refractivity contribution in [3.05, 3.63) is 71.0 Å². The highest BCUT2D eigenvalue weighted by atomic mass is 32.1. The molecule has 0 spiro atoms. The summed E-state index contributed by atoms with van der Waals surface area (Å²) < 4.78 is 7.47. The number of aryl methyl sites for hydroxylation is 2. The van der Waals surface area contributed by atoms with Gasteiger partial charge in [-0.1, -0.05) is 30.3 Å². The summed E-state index contributed by atoms with van der Waals surface area (Å²) in [6.45, 7) is 4.48. The lowest BCUT2D eigenvalue weighted by molar-refractivity contribution is -0.123. The van der Waals surface area contributed by atoms with Gasteiger partial charge in [-0.3, -0.25) is 4.79 Å². The quantitative estimate of drug-likeness (QED) is 0.506. The lowest BCUT2D eigenvalue weighted by Crippen LogP contribution is -2.30. The van der Waals surface area contributed by atoms with Crippen molar-refractivity contribution in [1.82, 2.24) is 20.1 Å². The zero-order valence-electron chi connectivity index (χ0n) is 16.4. The number of benzene rings is 2. The first-order valence-electron chi connectivity index (χ1n) is 9.45. The molecule has 6 nitrogen and oxygen atoms in total. The van der Waals surface area contributed by atoms with Crippen molar-refractivity contribution in [2.75, 3.05) is 13.2 Å². The average molecular weight is 407 g/mol. The van der Waals surface area contributed by atoms with Crippen LogP contribution in [0.5, 0.6) is 5.75 Å². The molecule has 2 aromatic carbocycles. The molecule has 7 heteroatoms. The molecule has 0 radical (unpaired) electrons. The molecule has 0 unspecified atom stereocenters. The van der Waals surface area contributed by atoms with Crippen LogP contribution in [0.4, 0.5) is 0 Å². The van der Waals surface area contributed by atoms with Crippen molar-refractivity contribution >= 4 is 28.0 Å². The summed E-state index contributed by atoms with van der Waals surface area (Å²) in [5.41, 5.74) is 2.97. The van der Waals surface area contributed by atoms with Gasteiger partial charge in [-0.15, -0.1) is 11.3 Å². The predicted molar refractivity (Wildman–Crippen MR) is 115 cm³/mol. The number of nitrogens with one attached hydrogen (secondary N) is 1. The van der Waals surface area contributed by atoms with Crippen LogP contribution < -0.4 is 10.1 Å². The van der Waals surface area contributed by atoms with Gasteiger partial charge in [-0.05, 0) is 42.8 Å². The lowest BCUT2D eigenvalue weighted by atomic mass is 10.1. The van der Waals surface area contributed by atoms with E-state index in [-0.39, 0.29) is 12.5 Å². The van der Waals surface area contributed by atoms with Crippen molar-refractivity contribution in [3.8, 4) is 10.9 Å². The van der Waals surface area contributed by atoms with Crippen molar-refractivity contribution in [3.63, 3.8) is 0 Å². The smallest absolute Gasteiger partial charge is 0.257 e. The Hall–Kier alpha value is -3.19. The molecule has 0 atom stereocenters. The number of hydrogen-bond donors (Lipinski definition) is 1. The minimum absolute atomic E-state index is 0.00753. The third-order valence-corrected chi connectivity index (χ3v) is 5.39. The number of ether oxygens (including phenoxy) is 1. The van der Waals surface area contributed by atoms with Crippen molar-refractivity contribution in [2.24, 2.45) is 0 Å². The molecule has 0 fully saturated rings. The second-order valence-electron chi connectivity index (χ2n) is 6.86. The minimum atomic E-state index is -0.146. The Bertz CT molecular complexity index is 1150. The molecule has 2 aromatic heterocycles. The van der Waals surface area contributed by atoms with Gasteiger partial charge in [0.25, 0.3) is 5.91 Å². The number of amides is 1. The standard InChI is InChI=1S/C22H22N4O2S/c1-15-11-16(2)26(25-15)22-24-19(14-29-22)9-10-23-21(27)13-28-20-8-7-17-5-3-4-6-18(17)12-20/h3-8,11-12,14H,9-10,13H2,1-2H3,(H,23,27). The first-order valence-corrected chi connectivity index (χ1v) is 10.3. The Morgan fingerprint density at radius 1 is 1.14 bits per heavy atom. The van der Waals surface area contributed by atoms with Gasteiger partial charge >= 0.3 is 0 Å². The van der Waals surface area contributed by atoms with Gasteiger partial charge in [-0.2, -0.15) is 5.10 Å². The van der Waals surface area contributed by atoms with Gasteiger partial charge in [-0.25, -0.2) is 9.67 Å². The maximum absolute atomic E-state index is 12.1. The number of carbonyl (C=O) groups is 1. The molecular weight excluding hydrogens is 384 g/mol. The molecular formula is C22H22N4O2S. The van der Waals surface area contributed by atoms with E-state index in [2.05, 4.69) is 15.4 Å². The summed E-state index contributed by atoms with van der Waals surface area (Å²) in [6.07, 6.45) is 0.664. The molecule has 0 bridgehead atoms. The zero-order valence-corrected chi connectivity index (χ0v) is 17.2. The molecule has 4 aromatic rings. The van der Waals surface area contributed by atoms with Gasteiger partial charge in [0.05, 0.1) is 11.4 Å². The van der Waals surface area contributed by atoms with Gasteiger partial charge < -0.3 is 10.1 Å². The van der Waals surface area contributed by atoms with Crippen LogP contribution in [0.3, 0.4) is 0 Å². The van der Waals surface area contributed by atoms with Crippen LogP contribution in [0.15, 0.2) is 53.9 Å². The highest BCUT2D eigenvalue weighted by Gasteiger charge is 2.09. The van der Waals surface area contributed by atoms with E-state index < -0.39 is 0 Å². The van der Waals surface area contributed by atoms with Crippen LogP contribution in [0.25, 0.3) is 15.9 Å². The Balaban J connectivity index is 1.25. The topological polar surface area (TPSA) is 69.0 Å². The van der Waals surface area contributed by atoms with E-state index in [0.29, 0.717) is 18.7 Å². The second-order valence-corrected chi connectivity index (χ2v) is 7.69. The maximum atomic E-state index is 12.1. The Kier molecular flexibility index (Phi) is 5.57. The largest absolute Gasteiger partial charge is 0.484 e. The summed E-state index contributed by atoms with van der Waals surface area (Å²) in [7, 11) is 0. The number of aromatic nitrogens is 3. The molecule has 0 aliphatic heterocycles. The molecule has 0 aliphatic carbocycles. The number of nitrogens with zero attached hydrogens (tertiary/aromatic N) is 3. The fraction of sp³-hybridized carbons (Fsp3) is 0.227. The van der Waals surface area contributed by atoms with Crippen molar-refractivity contribution in [2.45, 2.75) is 20.3 Å². The van der Waals surface area contributed by atoms with E-state index in [1.165, 1.54) is 0 Å². The Morgan fingerprint density at radius 3 is 2.76 bits per heavy atom. The van der Waals surface area contributed by atoms with Gasteiger partial charge in [0.2, 0.25) is 5.13 Å². The molecule has 29 heavy (non-hydrogen) atoms.